The topological polar surface area (TPSA) is 89.3 Å². The number of primary amides is 1. The summed E-state index contributed by atoms with van der Waals surface area (Å²) in [6.45, 7) is 1.56. The molecule has 1 rings (SSSR count). The predicted molar refractivity (Wildman–Crippen MR) is 62.4 cm³/mol. The van der Waals surface area contributed by atoms with Crippen molar-refractivity contribution in [2.24, 2.45) is 5.73 Å². The van der Waals surface area contributed by atoms with Crippen LogP contribution in [0.3, 0.4) is 0 Å². The molecule has 0 aliphatic carbocycles. The van der Waals surface area contributed by atoms with E-state index in [0.717, 1.165) is 5.56 Å². The van der Waals surface area contributed by atoms with Crippen molar-refractivity contribution in [3.63, 3.8) is 0 Å². The van der Waals surface area contributed by atoms with Crippen molar-refractivity contribution < 1.29 is 13.2 Å². The monoisotopic (exact) mass is 242 g/mol. The summed E-state index contributed by atoms with van der Waals surface area (Å²) < 4.78 is 24.9. The van der Waals surface area contributed by atoms with Crippen LogP contribution in [0.25, 0.3) is 0 Å². The second-order valence-electron chi connectivity index (χ2n) is 3.35. The van der Waals surface area contributed by atoms with E-state index in [1.807, 2.05) is 0 Å². The van der Waals surface area contributed by atoms with E-state index in [4.69, 9.17) is 5.73 Å². The molecule has 1 amide bonds. The third-order valence-corrected chi connectivity index (χ3v) is 3.29. The number of benzene rings is 1. The molecule has 0 bridgehead atoms. The summed E-state index contributed by atoms with van der Waals surface area (Å²) in [4.78, 5) is 10.6. The first-order valence-corrected chi connectivity index (χ1v) is 6.46. The molecular weight excluding hydrogens is 228 g/mol. The van der Waals surface area contributed by atoms with Gasteiger partial charge in [-0.05, 0) is 24.6 Å². The number of hydrogen-bond acceptors (Lipinski definition) is 3. The maximum absolute atomic E-state index is 11.2. The Morgan fingerprint density at radius 2 is 1.88 bits per heavy atom. The number of nitrogens with two attached hydrogens (primary N) is 1. The van der Waals surface area contributed by atoms with Crippen LogP contribution in [-0.4, -0.2) is 20.1 Å². The van der Waals surface area contributed by atoms with Crippen LogP contribution in [0.2, 0.25) is 0 Å². The van der Waals surface area contributed by atoms with Crippen LogP contribution in [0.4, 0.5) is 5.69 Å². The molecule has 0 unspecified atom stereocenters. The van der Waals surface area contributed by atoms with Gasteiger partial charge in [0.25, 0.3) is 0 Å². The summed E-state index contributed by atoms with van der Waals surface area (Å²) in [6, 6.07) is 6.54. The van der Waals surface area contributed by atoms with Crippen LogP contribution in [0.1, 0.15) is 12.5 Å². The Labute approximate surface area is 94.7 Å². The van der Waals surface area contributed by atoms with Crippen molar-refractivity contribution in [1.82, 2.24) is 0 Å². The highest BCUT2D eigenvalue weighted by Gasteiger charge is 2.06. The third-order valence-electron chi connectivity index (χ3n) is 1.99. The minimum Gasteiger partial charge on any atom is -0.369 e. The molecule has 0 aromatic heterocycles. The SMILES string of the molecule is CCS(=O)(=O)Nc1ccc(CC(N)=O)cc1. The van der Waals surface area contributed by atoms with Gasteiger partial charge in [-0.3, -0.25) is 9.52 Å². The highest BCUT2D eigenvalue weighted by molar-refractivity contribution is 7.92. The van der Waals surface area contributed by atoms with Gasteiger partial charge in [-0.1, -0.05) is 12.1 Å². The van der Waals surface area contributed by atoms with E-state index in [1.54, 1.807) is 31.2 Å². The van der Waals surface area contributed by atoms with Crippen molar-refractivity contribution >= 4 is 21.6 Å². The van der Waals surface area contributed by atoms with E-state index >= 15 is 0 Å². The van der Waals surface area contributed by atoms with Gasteiger partial charge in [0.1, 0.15) is 0 Å². The Balaban J connectivity index is 2.76. The number of carbonyl (C=O) groups is 1. The van der Waals surface area contributed by atoms with Crippen molar-refractivity contribution in [3.8, 4) is 0 Å². The van der Waals surface area contributed by atoms with Crippen LogP contribution in [0.5, 0.6) is 0 Å². The minimum absolute atomic E-state index is 0.0238. The average molecular weight is 242 g/mol. The number of sulfonamides is 1. The predicted octanol–water partition coefficient (Wildman–Crippen LogP) is 0.476. The Morgan fingerprint density at radius 3 is 2.31 bits per heavy atom. The highest BCUT2D eigenvalue weighted by Crippen LogP contribution is 2.11. The molecule has 16 heavy (non-hydrogen) atoms. The molecule has 0 radical (unpaired) electrons. The standard InChI is InChI=1S/C10H14N2O3S/c1-2-16(14,15)12-9-5-3-8(4-6-9)7-10(11)13/h3-6,12H,2,7H2,1H3,(H2,11,13). The lowest BCUT2D eigenvalue weighted by Gasteiger charge is -2.06. The van der Waals surface area contributed by atoms with Gasteiger partial charge in [-0.2, -0.15) is 0 Å². The maximum atomic E-state index is 11.2. The smallest absolute Gasteiger partial charge is 0.232 e. The van der Waals surface area contributed by atoms with E-state index in [2.05, 4.69) is 4.72 Å². The summed E-state index contributed by atoms with van der Waals surface area (Å²) in [5.41, 5.74) is 6.27. The Hall–Kier alpha value is -1.56. The lowest BCUT2D eigenvalue weighted by Crippen LogP contribution is -2.15. The van der Waals surface area contributed by atoms with Gasteiger partial charge >= 0.3 is 0 Å². The molecule has 0 atom stereocenters. The van der Waals surface area contributed by atoms with E-state index in [0.29, 0.717) is 5.69 Å². The minimum atomic E-state index is -3.25. The van der Waals surface area contributed by atoms with Crippen LogP contribution >= 0.6 is 0 Å². The largest absolute Gasteiger partial charge is 0.369 e. The van der Waals surface area contributed by atoms with Gasteiger partial charge in [0.05, 0.1) is 12.2 Å². The summed E-state index contributed by atoms with van der Waals surface area (Å²) >= 11 is 0. The molecule has 0 aliphatic heterocycles. The quantitative estimate of drug-likeness (QED) is 0.786. The normalized spacial score (nSPS) is 11.1. The number of anilines is 1. The van der Waals surface area contributed by atoms with Crippen LogP contribution < -0.4 is 10.5 Å². The first-order valence-electron chi connectivity index (χ1n) is 4.80. The molecule has 88 valence electrons. The van der Waals surface area contributed by atoms with Gasteiger partial charge < -0.3 is 5.73 Å². The van der Waals surface area contributed by atoms with Crippen LogP contribution in [0.15, 0.2) is 24.3 Å². The molecule has 0 spiro atoms. The molecule has 1 aromatic carbocycles. The van der Waals surface area contributed by atoms with Crippen LogP contribution in [-0.2, 0) is 21.2 Å². The van der Waals surface area contributed by atoms with Gasteiger partial charge in [0, 0.05) is 5.69 Å². The fraction of sp³-hybridized carbons (Fsp3) is 0.300. The zero-order valence-electron chi connectivity index (χ0n) is 8.93. The average Bonchev–Trinajstić information content (AvgIpc) is 2.20. The number of carbonyl (C=O) groups excluding carboxylic acids is 1. The number of rotatable bonds is 5. The molecular formula is C10H14N2O3S. The van der Waals surface area contributed by atoms with E-state index in [1.165, 1.54) is 0 Å². The summed E-state index contributed by atoms with van der Waals surface area (Å²) in [7, 11) is -3.25. The van der Waals surface area contributed by atoms with Gasteiger partial charge in [0.2, 0.25) is 15.9 Å². The van der Waals surface area contributed by atoms with Crippen LogP contribution in [0, 0.1) is 0 Å². The Bertz CT molecular complexity index is 465. The van der Waals surface area contributed by atoms with E-state index < -0.39 is 15.9 Å². The summed E-state index contributed by atoms with van der Waals surface area (Å²) in [5.74, 6) is -0.391. The fourth-order valence-corrected chi connectivity index (χ4v) is 1.78. The molecule has 0 saturated heterocycles. The summed E-state index contributed by atoms with van der Waals surface area (Å²) in [6.07, 6.45) is 0.154. The van der Waals surface area contributed by atoms with Gasteiger partial charge in [0.15, 0.2) is 0 Å². The lowest BCUT2D eigenvalue weighted by molar-refractivity contribution is -0.117. The van der Waals surface area contributed by atoms with Crippen molar-refractivity contribution in [3.05, 3.63) is 29.8 Å². The third kappa shape index (κ3) is 3.90. The molecule has 6 heteroatoms. The Morgan fingerprint density at radius 1 is 1.31 bits per heavy atom. The first-order chi connectivity index (χ1) is 7.43. The number of nitrogens with one attached hydrogen (secondary N) is 1. The molecule has 0 fully saturated rings. The number of hydrogen-bond donors (Lipinski definition) is 2. The summed E-state index contributed by atoms with van der Waals surface area (Å²) in [5, 5.41) is 0. The number of amides is 1. The lowest BCUT2D eigenvalue weighted by atomic mass is 10.1. The molecule has 0 aliphatic rings. The fourth-order valence-electron chi connectivity index (χ4n) is 1.14. The van der Waals surface area contributed by atoms with Gasteiger partial charge in [-0.15, -0.1) is 0 Å². The molecule has 0 saturated carbocycles. The molecule has 5 nitrogen and oxygen atoms in total. The van der Waals surface area contributed by atoms with Crippen molar-refractivity contribution in [2.45, 2.75) is 13.3 Å². The maximum Gasteiger partial charge on any atom is 0.232 e. The highest BCUT2D eigenvalue weighted by atomic mass is 32.2. The van der Waals surface area contributed by atoms with Crippen molar-refractivity contribution in [2.75, 3.05) is 10.5 Å². The Kier molecular flexibility index (Phi) is 3.89. The zero-order chi connectivity index (χ0) is 12.2. The van der Waals surface area contributed by atoms with E-state index in [-0.39, 0.29) is 12.2 Å². The molecule has 0 heterocycles. The molecule has 1 aromatic rings. The van der Waals surface area contributed by atoms with E-state index in [9.17, 15) is 13.2 Å². The second-order valence-corrected chi connectivity index (χ2v) is 5.36. The molecule has 3 N–H and O–H groups in total. The first kappa shape index (κ1) is 12.5. The van der Waals surface area contributed by atoms with Crippen molar-refractivity contribution in [1.29, 1.82) is 0 Å². The second kappa shape index (κ2) is 4.98. The zero-order valence-corrected chi connectivity index (χ0v) is 9.75. The van der Waals surface area contributed by atoms with Gasteiger partial charge in [-0.25, -0.2) is 8.42 Å².